The van der Waals surface area contributed by atoms with Crippen molar-refractivity contribution in [2.45, 2.75) is 0 Å². The lowest BCUT2D eigenvalue weighted by atomic mass is 10.1. The van der Waals surface area contributed by atoms with E-state index in [1.165, 1.54) is 0 Å². The highest BCUT2D eigenvalue weighted by Crippen LogP contribution is 2.29. The number of nitrogens with zero attached hydrogens (tertiary/aromatic N) is 2. The highest BCUT2D eigenvalue weighted by Gasteiger charge is 2.17. The third-order valence-electron chi connectivity index (χ3n) is 3.89. The summed E-state index contributed by atoms with van der Waals surface area (Å²) in [5.74, 6) is 0.921. The van der Waals surface area contributed by atoms with E-state index < -0.39 is 0 Å². The zero-order chi connectivity index (χ0) is 16.0. The molecule has 2 aromatic heterocycles. The molecule has 0 radical (unpaired) electrons. The number of nitrogen functional groups attached to an aromatic ring is 1. The summed E-state index contributed by atoms with van der Waals surface area (Å²) in [5.41, 5.74) is 7.95. The first-order chi connectivity index (χ1) is 11.2. The van der Waals surface area contributed by atoms with Crippen molar-refractivity contribution in [2.24, 2.45) is 0 Å². The summed E-state index contributed by atoms with van der Waals surface area (Å²) in [7, 11) is 1.58. The van der Waals surface area contributed by atoms with Gasteiger partial charge in [0.05, 0.1) is 12.6 Å². The van der Waals surface area contributed by atoms with Crippen molar-refractivity contribution in [1.82, 2.24) is 14.8 Å². The molecule has 0 aliphatic carbocycles. The normalized spacial score (nSPS) is 11.2. The first-order valence-electron chi connectivity index (χ1n) is 7.13. The van der Waals surface area contributed by atoms with Crippen LogP contribution in [0.4, 0.5) is 5.82 Å². The standard InChI is InChI=1S/C17H14N4O2/c1-23-13-9-5-4-8-12(13)21-16(18)14-15(20-21)10-6-2-3-7-11(10)19-17(14)22/h2-9H,18H2,1H3,(H,19,22). The van der Waals surface area contributed by atoms with Crippen LogP contribution in [0.3, 0.4) is 0 Å². The predicted octanol–water partition coefficient (Wildman–Crippen LogP) is 2.46. The number of hydrogen-bond acceptors (Lipinski definition) is 4. The maximum atomic E-state index is 12.4. The number of benzene rings is 2. The van der Waals surface area contributed by atoms with Crippen LogP contribution in [0.1, 0.15) is 0 Å². The predicted molar refractivity (Wildman–Crippen MR) is 90.2 cm³/mol. The first kappa shape index (κ1) is 13.4. The van der Waals surface area contributed by atoms with E-state index in [2.05, 4.69) is 10.1 Å². The number of anilines is 1. The number of pyridine rings is 1. The molecule has 0 saturated carbocycles. The molecule has 2 aromatic carbocycles. The molecular formula is C17H14N4O2. The monoisotopic (exact) mass is 306 g/mol. The molecule has 23 heavy (non-hydrogen) atoms. The Balaban J connectivity index is 2.14. The molecule has 114 valence electrons. The van der Waals surface area contributed by atoms with Crippen molar-refractivity contribution < 1.29 is 4.74 Å². The molecule has 0 aliphatic heterocycles. The summed E-state index contributed by atoms with van der Waals surface area (Å²) in [6.07, 6.45) is 0. The van der Waals surface area contributed by atoms with Crippen LogP contribution < -0.4 is 16.0 Å². The van der Waals surface area contributed by atoms with Crippen molar-refractivity contribution in [2.75, 3.05) is 12.8 Å². The van der Waals surface area contributed by atoms with Crippen molar-refractivity contribution >= 4 is 27.6 Å². The number of methoxy groups -OCH3 is 1. The zero-order valence-corrected chi connectivity index (χ0v) is 12.4. The Morgan fingerprint density at radius 1 is 1.13 bits per heavy atom. The van der Waals surface area contributed by atoms with Gasteiger partial charge in [-0.1, -0.05) is 30.3 Å². The Morgan fingerprint density at radius 3 is 2.70 bits per heavy atom. The van der Waals surface area contributed by atoms with Gasteiger partial charge < -0.3 is 15.5 Å². The highest BCUT2D eigenvalue weighted by atomic mass is 16.5. The van der Waals surface area contributed by atoms with Gasteiger partial charge in [0, 0.05) is 5.39 Å². The van der Waals surface area contributed by atoms with Gasteiger partial charge in [-0.2, -0.15) is 5.10 Å². The van der Waals surface area contributed by atoms with Crippen molar-refractivity contribution in [3.63, 3.8) is 0 Å². The quantitative estimate of drug-likeness (QED) is 0.595. The van der Waals surface area contributed by atoms with Gasteiger partial charge in [-0.25, -0.2) is 4.68 Å². The summed E-state index contributed by atoms with van der Waals surface area (Å²) < 4.78 is 6.91. The molecular weight excluding hydrogens is 292 g/mol. The molecule has 6 heteroatoms. The number of aromatic nitrogens is 3. The van der Waals surface area contributed by atoms with Gasteiger partial charge in [0.15, 0.2) is 0 Å². The second-order valence-corrected chi connectivity index (χ2v) is 5.19. The molecule has 0 aliphatic rings. The van der Waals surface area contributed by atoms with E-state index in [4.69, 9.17) is 10.5 Å². The van der Waals surface area contributed by atoms with E-state index in [1.54, 1.807) is 11.8 Å². The Kier molecular flexibility index (Phi) is 2.84. The van der Waals surface area contributed by atoms with Gasteiger partial charge in [-0.05, 0) is 18.2 Å². The number of nitrogens with one attached hydrogen (secondary N) is 1. The summed E-state index contributed by atoms with van der Waals surface area (Å²) in [6, 6.07) is 14.9. The van der Waals surface area contributed by atoms with Crippen molar-refractivity contribution in [3.05, 3.63) is 58.9 Å². The molecule has 3 N–H and O–H groups in total. The van der Waals surface area contributed by atoms with Gasteiger partial charge in [-0.3, -0.25) is 4.79 Å². The van der Waals surface area contributed by atoms with Crippen molar-refractivity contribution in [1.29, 1.82) is 0 Å². The van der Waals surface area contributed by atoms with Crippen LogP contribution >= 0.6 is 0 Å². The van der Waals surface area contributed by atoms with Crippen LogP contribution in [0, 0.1) is 0 Å². The Morgan fingerprint density at radius 2 is 1.87 bits per heavy atom. The minimum absolute atomic E-state index is 0.252. The third kappa shape index (κ3) is 1.88. The largest absolute Gasteiger partial charge is 0.494 e. The SMILES string of the molecule is COc1ccccc1-n1nc2c(c1N)c(=O)[nH]c1ccccc12. The van der Waals surface area contributed by atoms with Gasteiger partial charge in [0.25, 0.3) is 5.56 Å². The Bertz CT molecular complexity index is 1090. The fourth-order valence-electron chi connectivity index (χ4n) is 2.82. The number of nitrogens with two attached hydrogens (primary N) is 1. The molecule has 0 atom stereocenters. The molecule has 6 nitrogen and oxygen atoms in total. The molecule has 0 unspecified atom stereocenters. The zero-order valence-electron chi connectivity index (χ0n) is 12.4. The summed E-state index contributed by atoms with van der Waals surface area (Å²) >= 11 is 0. The number of H-pyrrole nitrogens is 1. The van der Waals surface area contributed by atoms with E-state index in [0.29, 0.717) is 22.3 Å². The van der Waals surface area contributed by atoms with Crippen LogP contribution in [0.2, 0.25) is 0 Å². The second-order valence-electron chi connectivity index (χ2n) is 5.19. The van der Waals surface area contributed by atoms with Gasteiger partial charge in [-0.15, -0.1) is 0 Å². The molecule has 0 amide bonds. The number of fused-ring (bicyclic) bond motifs is 3. The summed E-state index contributed by atoms with van der Waals surface area (Å²) in [5, 5.41) is 5.81. The molecule has 4 aromatic rings. The van der Waals surface area contributed by atoms with Crippen LogP contribution in [-0.2, 0) is 0 Å². The number of hydrogen-bond donors (Lipinski definition) is 2. The maximum Gasteiger partial charge on any atom is 0.261 e. The van der Waals surface area contributed by atoms with Gasteiger partial charge >= 0.3 is 0 Å². The lowest BCUT2D eigenvalue weighted by molar-refractivity contribution is 0.412. The van der Waals surface area contributed by atoms with Crippen LogP contribution in [0.5, 0.6) is 5.75 Å². The molecule has 0 saturated heterocycles. The maximum absolute atomic E-state index is 12.4. The molecule has 4 rings (SSSR count). The average Bonchev–Trinajstić information content (AvgIpc) is 2.93. The number of ether oxygens (including phenoxy) is 1. The van der Waals surface area contributed by atoms with E-state index in [0.717, 1.165) is 10.9 Å². The Hall–Kier alpha value is -3.28. The summed E-state index contributed by atoms with van der Waals surface area (Å²) in [6.45, 7) is 0. The van der Waals surface area contributed by atoms with E-state index in [9.17, 15) is 4.79 Å². The van der Waals surface area contributed by atoms with Crippen LogP contribution in [0.15, 0.2) is 53.3 Å². The first-order valence-corrected chi connectivity index (χ1v) is 7.13. The van der Waals surface area contributed by atoms with E-state index in [-0.39, 0.29) is 11.4 Å². The third-order valence-corrected chi connectivity index (χ3v) is 3.89. The topological polar surface area (TPSA) is 85.9 Å². The summed E-state index contributed by atoms with van der Waals surface area (Å²) in [4.78, 5) is 15.2. The minimum Gasteiger partial charge on any atom is -0.494 e. The van der Waals surface area contributed by atoms with Gasteiger partial charge in [0.2, 0.25) is 0 Å². The van der Waals surface area contributed by atoms with Gasteiger partial charge in [0.1, 0.15) is 28.2 Å². The fourth-order valence-corrected chi connectivity index (χ4v) is 2.82. The lowest BCUT2D eigenvalue weighted by Gasteiger charge is -2.08. The van der Waals surface area contributed by atoms with Crippen LogP contribution in [-0.4, -0.2) is 21.9 Å². The number of para-hydroxylation sites is 3. The van der Waals surface area contributed by atoms with Crippen molar-refractivity contribution in [3.8, 4) is 11.4 Å². The number of rotatable bonds is 2. The highest BCUT2D eigenvalue weighted by molar-refractivity contribution is 6.06. The molecule has 0 bridgehead atoms. The smallest absolute Gasteiger partial charge is 0.261 e. The van der Waals surface area contributed by atoms with E-state index in [1.807, 2.05) is 48.5 Å². The number of aromatic amines is 1. The van der Waals surface area contributed by atoms with Crippen LogP contribution in [0.25, 0.3) is 27.5 Å². The molecule has 2 heterocycles. The Labute approximate surface area is 131 Å². The van der Waals surface area contributed by atoms with E-state index >= 15 is 0 Å². The lowest BCUT2D eigenvalue weighted by Crippen LogP contribution is -2.08. The molecule has 0 spiro atoms. The second kappa shape index (κ2) is 4.88. The minimum atomic E-state index is -0.252. The fraction of sp³-hybridized carbons (Fsp3) is 0.0588. The molecule has 0 fully saturated rings. The average molecular weight is 306 g/mol.